The van der Waals surface area contributed by atoms with Crippen LogP contribution < -0.4 is 10.1 Å². The molecule has 0 radical (unpaired) electrons. The summed E-state index contributed by atoms with van der Waals surface area (Å²) in [7, 11) is 0. The fourth-order valence-corrected chi connectivity index (χ4v) is 1.22. The Morgan fingerprint density at radius 3 is 3.25 bits per heavy atom. The van der Waals surface area contributed by atoms with Crippen molar-refractivity contribution in [3.63, 3.8) is 0 Å². The van der Waals surface area contributed by atoms with Gasteiger partial charge in [0, 0.05) is 12.1 Å². The maximum Gasteiger partial charge on any atom is 0.150 e. The zero-order valence-electron chi connectivity index (χ0n) is 6.54. The van der Waals surface area contributed by atoms with Crippen LogP contribution in [0.2, 0.25) is 0 Å². The summed E-state index contributed by atoms with van der Waals surface area (Å²) in [5.74, 6) is 0.769. The topological polar surface area (TPSA) is 38.3 Å². The summed E-state index contributed by atoms with van der Waals surface area (Å²) in [6.45, 7) is 1.49. The number of benzene rings is 1. The number of nitrogens with one attached hydrogen (secondary N) is 1. The molecule has 0 atom stereocenters. The third-order valence-corrected chi connectivity index (χ3v) is 1.82. The smallest absolute Gasteiger partial charge is 0.150 e. The average Bonchev–Trinajstić information content (AvgIpc) is 2.17. The Labute approximate surface area is 70.3 Å². The van der Waals surface area contributed by atoms with E-state index in [9.17, 15) is 4.79 Å². The minimum atomic E-state index is 0.650. The van der Waals surface area contributed by atoms with Crippen molar-refractivity contribution >= 4 is 12.0 Å². The third-order valence-electron chi connectivity index (χ3n) is 1.82. The molecule has 0 unspecified atom stereocenters. The van der Waals surface area contributed by atoms with Crippen LogP contribution in [0.5, 0.6) is 5.75 Å². The van der Waals surface area contributed by atoms with E-state index in [4.69, 9.17) is 4.74 Å². The lowest BCUT2D eigenvalue weighted by molar-refractivity contribution is 0.112. The predicted molar refractivity (Wildman–Crippen MR) is 45.8 cm³/mol. The normalized spacial score (nSPS) is 14.0. The van der Waals surface area contributed by atoms with E-state index in [0.29, 0.717) is 12.2 Å². The largest absolute Gasteiger partial charge is 0.490 e. The summed E-state index contributed by atoms with van der Waals surface area (Å²) in [5, 5.41) is 3.17. The summed E-state index contributed by atoms with van der Waals surface area (Å²) < 4.78 is 5.34. The van der Waals surface area contributed by atoms with Crippen molar-refractivity contribution in [2.75, 3.05) is 18.5 Å². The number of aldehydes is 1. The van der Waals surface area contributed by atoms with E-state index in [1.54, 1.807) is 12.1 Å². The molecule has 0 fully saturated rings. The van der Waals surface area contributed by atoms with E-state index in [1.807, 2.05) is 6.07 Å². The zero-order valence-corrected chi connectivity index (χ0v) is 6.54. The van der Waals surface area contributed by atoms with Crippen molar-refractivity contribution in [3.8, 4) is 5.75 Å². The number of fused-ring (bicyclic) bond motifs is 1. The molecule has 1 aromatic rings. The first-order valence-corrected chi connectivity index (χ1v) is 3.86. The molecular weight excluding hydrogens is 154 g/mol. The van der Waals surface area contributed by atoms with Crippen LogP contribution in [0, 0.1) is 0 Å². The van der Waals surface area contributed by atoms with E-state index in [-0.39, 0.29) is 0 Å². The summed E-state index contributed by atoms with van der Waals surface area (Å²) in [6, 6.07) is 5.38. The SMILES string of the molecule is O=Cc1ccc2c(c1)OCCN2. The van der Waals surface area contributed by atoms with Gasteiger partial charge in [0.2, 0.25) is 0 Å². The number of carbonyl (C=O) groups excluding carboxylic acids is 1. The van der Waals surface area contributed by atoms with Crippen molar-refractivity contribution in [2.24, 2.45) is 0 Å². The van der Waals surface area contributed by atoms with Crippen LogP contribution in [-0.2, 0) is 0 Å². The fraction of sp³-hybridized carbons (Fsp3) is 0.222. The van der Waals surface area contributed by atoms with Crippen molar-refractivity contribution in [3.05, 3.63) is 23.8 Å². The number of hydrogen-bond donors (Lipinski definition) is 1. The molecule has 3 nitrogen and oxygen atoms in total. The lowest BCUT2D eigenvalue weighted by Crippen LogP contribution is -2.17. The quantitative estimate of drug-likeness (QED) is 0.634. The van der Waals surface area contributed by atoms with Gasteiger partial charge in [0.1, 0.15) is 18.6 Å². The second-order valence-corrected chi connectivity index (χ2v) is 2.65. The van der Waals surface area contributed by atoms with Crippen LogP contribution in [0.3, 0.4) is 0 Å². The third kappa shape index (κ3) is 1.13. The van der Waals surface area contributed by atoms with E-state index < -0.39 is 0 Å². The molecule has 2 rings (SSSR count). The Balaban J connectivity index is 2.42. The lowest BCUT2D eigenvalue weighted by Gasteiger charge is -2.18. The number of carbonyl (C=O) groups is 1. The second kappa shape index (κ2) is 2.85. The molecule has 12 heavy (non-hydrogen) atoms. The molecule has 0 aliphatic carbocycles. The summed E-state index contributed by atoms with van der Waals surface area (Å²) in [5.41, 5.74) is 1.62. The standard InChI is InChI=1S/C9H9NO2/c11-6-7-1-2-8-9(5-7)12-4-3-10-8/h1-2,5-6,10H,3-4H2. The van der Waals surface area contributed by atoms with Crippen molar-refractivity contribution in [1.82, 2.24) is 0 Å². The summed E-state index contributed by atoms with van der Waals surface area (Å²) in [4.78, 5) is 10.4. The van der Waals surface area contributed by atoms with Crippen LogP contribution in [0.15, 0.2) is 18.2 Å². The van der Waals surface area contributed by atoms with Gasteiger partial charge in [-0.15, -0.1) is 0 Å². The van der Waals surface area contributed by atoms with Gasteiger partial charge in [-0.05, 0) is 18.2 Å². The minimum Gasteiger partial charge on any atom is -0.490 e. The molecule has 1 aliphatic heterocycles. The Morgan fingerprint density at radius 1 is 1.50 bits per heavy atom. The van der Waals surface area contributed by atoms with Gasteiger partial charge in [0.25, 0.3) is 0 Å². The van der Waals surface area contributed by atoms with Crippen LogP contribution in [0.25, 0.3) is 0 Å². The maximum absolute atomic E-state index is 10.4. The average molecular weight is 163 g/mol. The molecule has 0 spiro atoms. The van der Waals surface area contributed by atoms with Gasteiger partial charge in [-0.3, -0.25) is 4.79 Å². The minimum absolute atomic E-state index is 0.650. The van der Waals surface area contributed by atoms with Crippen molar-refractivity contribution in [2.45, 2.75) is 0 Å². The Bertz CT molecular complexity index is 309. The predicted octanol–water partition coefficient (Wildman–Crippen LogP) is 1.30. The highest BCUT2D eigenvalue weighted by Gasteiger charge is 2.08. The zero-order chi connectivity index (χ0) is 8.39. The highest BCUT2D eigenvalue weighted by Crippen LogP contribution is 2.27. The molecular formula is C9H9NO2. The molecule has 3 heteroatoms. The van der Waals surface area contributed by atoms with Crippen LogP contribution >= 0.6 is 0 Å². The van der Waals surface area contributed by atoms with Gasteiger partial charge in [-0.1, -0.05) is 0 Å². The van der Waals surface area contributed by atoms with Crippen molar-refractivity contribution < 1.29 is 9.53 Å². The first kappa shape index (κ1) is 7.16. The Kier molecular flexibility index (Phi) is 1.70. The molecule has 1 N–H and O–H groups in total. The Hall–Kier alpha value is -1.51. The van der Waals surface area contributed by atoms with E-state index in [1.165, 1.54) is 0 Å². The molecule has 0 saturated carbocycles. The molecule has 0 saturated heterocycles. The summed E-state index contributed by atoms with van der Waals surface area (Å²) >= 11 is 0. The fourth-order valence-electron chi connectivity index (χ4n) is 1.22. The first-order valence-electron chi connectivity index (χ1n) is 3.86. The van der Waals surface area contributed by atoms with Crippen molar-refractivity contribution in [1.29, 1.82) is 0 Å². The number of ether oxygens (including phenoxy) is 1. The highest BCUT2D eigenvalue weighted by atomic mass is 16.5. The van der Waals surface area contributed by atoms with E-state index in [0.717, 1.165) is 24.3 Å². The monoisotopic (exact) mass is 163 g/mol. The molecule has 1 aromatic carbocycles. The Morgan fingerprint density at radius 2 is 2.42 bits per heavy atom. The molecule has 1 aliphatic rings. The molecule has 0 bridgehead atoms. The molecule has 0 amide bonds. The maximum atomic E-state index is 10.4. The van der Waals surface area contributed by atoms with Gasteiger partial charge >= 0.3 is 0 Å². The van der Waals surface area contributed by atoms with E-state index in [2.05, 4.69) is 5.32 Å². The molecule has 62 valence electrons. The number of anilines is 1. The first-order chi connectivity index (χ1) is 5.90. The van der Waals surface area contributed by atoms with Crippen LogP contribution in [0.4, 0.5) is 5.69 Å². The van der Waals surface area contributed by atoms with Gasteiger partial charge in [-0.2, -0.15) is 0 Å². The van der Waals surface area contributed by atoms with Gasteiger partial charge in [0.05, 0.1) is 5.69 Å². The number of hydrogen-bond acceptors (Lipinski definition) is 3. The highest BCUT2D eigenvalue weighted by molar-refractivity contribution is 5.78. The van der Waals surface area contributed by atoms with E-state index >= 15 is 0 Å². The lowest BCUT2D eigenvalue weighted by atomic mass is 10.2. The van der Waals surface area contributed by atoms with Gasteiger partial charge in [0.15, 0.2) is 0 Å². The van der Waals surface area contributed by atoms with Crippen LogP contribution in [-0.4, -0.2) is 19.4 Å². The molecule has 0 aromatic heterocycles. The van der Waals surface area contributed by atoms with Gasteiger partial charge < -0.3 is 10.1 Å². The van der Waals surface area contributed by atoms with Crippen LogP contribution in [0.1, 0.15) is 10.4 Å². The number of rotatable bonds is 1. The van der Waals surface area contributed by atoms with Gasteiger partial charge in [-0.25, -0.2) is 0 Å². The summed E-state index contributed by atoms with van der Waals surface area (Å²) in [6.07, 6.45) is 0.818. The second-order valence-electron chi connectivity index (χ2n) is 2.65. The molecule has 1 heterocycles.